The number of hydrogen-bond donors (Lipinski definition) is 1. The number of aliphatic hydroxyl groups excluding tert-OH is 1. The van der Waals surface area contributed by atoms with Gasteiger partial charge in [0.05, 0.1) is 36.4 Å². The Hall–Kier alpha value is -1.10. The molecule has 250 valence electrons. The summed E-state index contributed by atoms with van der Waals surface area (Å²) in [5.74, 6) is -1.15. The molecule has 0 aromatic rings. The molecule has 9 nitrogen and oxygen atoms in total. The molecule has 3 aliphatic heterocycles. The minimum atomic E-state index is -0.879. The molecule has 0 radical (unpaired) electrons. The van der Waals surface area contributed by atoms with Gasteiger partial charge < -0.3 is 33.7 Å². The Morgan fingerprint density at radius 2 is 1.44 bits per heavy atom. The first-order valence-corrected chi connectivity index (χ1v) is 16.9. The van der Waals surface area contributed by atoms with Crippen molar-refractivity contribution >= 4 is 11.8 Å². The third-order valence-corrected chi connectivity index (χ3v) is 10.2. The van der Waals surface area contributed by atoms with Crippen molar-refractivity contribution in [1.82, 2.24) is 4.90 Å². The van der Waals surface area contributed by atoms with Gasteiger partial charge in [0, 0.05) is 43.6 Å². The van der Waals surface area contributed by atoms with Crippen molar-refractivity contribution in [3.63, 3.8) is 0 Å². The van der Waals surface area contributed by atoms with E-state index in [1.54, 1.807) is 0 Å². The lowest BCUT2D eigenvalue weighted by atomic mass is 9.81. The first kappa shape index (κ1) is 36.4. The quantitative estimate of drug-likeness (QED) is 0.398. The van der Waals surface area contributed by atoms with E-state index in [0.29, 0.717) is 31.2 Å². The molecule has 0 unspecified atom stereocenters. The molecule has 3 heterocycles. The summed E-state index contributed by atoms with van der Waals surface area (Å²) in [6.45, 7) is 16.2. The Bertz CT molecular complexity index is 874. The lowest BCUT2D eigenvalue weighted by Crippen LogP contribution is -2.50. The monoisotopic (exact) mass is 611 g/mol. The summed E-state index contributed by atoms with van der Waals surface area (Å²) < 4.78 is 32.2. The predicted molar refractivity (Wildman–Crippen MR) is 165 cm³/mol. The summed E-state index contributed by atoms with van der Waals surface area (Å²) in [6.07, 6.45) is 1.89. The summed E-state index contributed by atoms with van der Waals surface area (Å²) in [6, 6.07) is 0.327. The van der Waals surface area contributed by atoms with E-state index in [-0.39, 0.29) is 54.2 Å². The molecule has 3 fully saturated rings. The van der Waals surface area contributed by atoms with Crippen LogP contribution in [0.3, 0.4) is 0 Å². The van der Waals surface area contributed by atoms with E-state index >= 15 is 0 Å². The zero-order valence-corrected chi connectivity index (χ0v) is 28.5. The van der Waals surface area contributed by atoms with E-state index in [1.165, 1.54) is 0 Å². The van der Waals surface area contributed by atoms with Crippen molar-refractivity contribution in [2.24, 2.45) is 29.6 Å². The molecule has 3 aliphatic rings. The number of carbonyl (C=O) groups is 2. The Morgan fingerprint density at radius 3 is 2.05 bits per heavy atom. The van der Waals surface area contributed by atoms with Gasteiger partial charge in [-0.2, -0.15) is 0 Å². The average molecular weight is 612 g/mol. The molecule has 0 aromatic heterocycles. The summed E-state index contributed by atoms with van der Waals surface area (Å²) in [5, 5.41) is 10.9. The van der Waals surface area contributed by atoms with Crippen molar-refractivity contribution in [3.05, 3.63) is 0 Å². The first-order chi connectivity index (χ1) is 20.2. The highest BCUT2D eigenvalue weighted by Crippen LogP contribution is 2.36. The van der Waals surface area contributed by atoms with E-state index in [2.05, 4.69) is 53.6 Å². The maximum absolute atomic E-state index is 13.8. The number of hydrogen-bond acceptors (Lipinski definition) is 9. The summed E-state index contributed by atoms with van der Waals surface area (Å²) >= 11 is 0. The molecule has 9 heteroatoms. The van der Waals surface area contributed by atoms with Gasteiger partial charge in [-0.1, -0.05) is 34.6 Å². The SMILES string of the molecule is CC[C@H]1OC(=O)[C@H](C)[C@@H](O[C@H]2C[C@H](C)C[C@H](C)O2)[C@H](C)[C@@H](O[C@H]2C[C@@H](N(C)C)C[C@@H](C)O2)[C@@H](C)CCC(=O)C[C@@H](O)[C@H]1C. The number of ether oxygens (including phenoxy) is 5. The molecule has 0 aromatic carbocycles. The standard InChI is InChI=1S/C34H61NO8/c1-11-29-23(6)28(37)18-27(36)13-12-20(3)32(42-31-17-26(35(9)10)16-22(5)40-31)24(7)33(25(8)34(38)41-29)43-30-15-19(2)14-21(4)39-30/h19-26,28-33,37H,11-18H2,1-10H3/t19-,20+,21+,22-,23-,24-,25-,26+,28-,29-,30+,31+,32+,33+/m1/s1. The van der Waals surface area contributed by atoms with Crippen LogP contribution in [-0.2, 0) is 33.3 Å². The minimum absolute atomic E-state index is 0.00537. The van der Waals surface area contributed by atoms with Gasteiger partial charge in [-0.05, 0) is 72.4 Å². The van der Waals surface area contributed by atoms with Crippen LogP contribution in [-0.4, -0.2) is 91.1 Å². The van der Waals surface area contributed by atoms with Crippen molar-refractivity contribution in [1.29, 1.82) is 0 Å². The molecule has 43 heavy (non-hydrogen) atoms. The Morgan fingerprint density at radius 1 is 0.837 bits per heavy atom. The fourth-order valence-corrected chi connectivity index (χ4v) is 7.32. The van der Waals surface area contributed by atoms with Gasteiger partial charge in [-0.3, -0.25) is 9.59 Å². The number of carbonyl (C=O) groups excluding carboxylic acids is 2. The highest BCUT2D eigenvalue weighted by atomic mass is 16.7. The molecule has 0 bridgehead atoms. The Labute approximate surface area is 260 Å². The molecular weight excluding hydrogens is 550 g/mol. The molecular formula is C34H61NO8. The maximum atomic E-state index is 13.8. The van der Waals surface area contributed by atoms with E-state index in [0.717, 1.165) is 25.7 Å². The maximum Gasteiger partial charge on any atom is 0.311 e. The third kappa shape index (κ3) is 10.2. The number of nitrogens with zero attached hydrogens (tertiary/aromatic N) is 1. The van der Waals surface area contributed by atoms with Gasteiger partial charge in [-0.15, -0.1) is 0 Å². The molecule has 3 saturated heterocycles. The zero-order valence-electron chi connectivity index (χ0n) is 28.5. The largest absolute Gasteiger partial charge is 0.462 e. The van der Waals surface area contributed by atoms with Crippen LogP contribution >= 0.6 is 0 Å². The third-order valence-electron chi connectivity index (χ3n) is 10.2. The van der Waals surface area contributed by atoms with Crippen LogP contribution in [0.25, 0.3) is 0 Å². The number of cyclic esters (lactones) is 1. The molecule has 3 rings (SSSR count). The normalized spacial score (nSPS) is 44.6. The topological polar surface area (TPSA) is 104 Å². The van der Waals surface area contributed by atoms with E-state index < -0.39 is 36.8 Å². The number of ketones is 1. The van der Waals surface area contributed by atoms with Crippen LogP contribution in [0.15, 0.2) is 0 Å². The van der Waals surface area contributed by atoms with Gasteiger partial charge in [-0.25, -0.2) is 0 Å². The summed E-state index contributed by atoms with van der Waals surface area (Å²) in [5.41, 5.74) is 0. The van der Waals surface area contributed by atoms with Crippen LogP contribution in [0.5, 0.6) is 0 Å². The summed E-state index contributed by atoms with van der Waals surface area (Å²) in [7, 11) is 4.17. The van der Waals surface area contributed by atoms with Crippen LogP contribution in [0.1, 0.15) is 107 Å². The molecule has 0 aliphatic carbocycles. The van der Waals surface area contributed by atoms with Crippen molar-refractivity contribution in [2.45, 2.75) is 162 Å². The molecule has 1 N–H and O–H groups in total. The predicted octanol–water partition coefficient (Wildman–Crippen LogP) is 5.35. The number of rotatable bonds is 6. The summed E-state index contributed by atoms with van der Waals surface area (Å²) in [4.78, 5) is 29.0. The van der Waals surface area contributed by atoms with Gasteiger partial charge in [0.25, 0.3) is 0 Å². The molecule has 0 spiro atoms. The van der Waals surface area contributed by atoms with E-state index in [1.807, 2.05) is 20.8 Å². The molecule has 0 amide bonds. The van der Waals surface area contributed by atoms with Crippen LogP contribution in [0, 0.1) is 29.6 Å². The second-order valence-corrected chi connectivity index (χ2v) is 14.3. The van der Waals surface area contributed by atoms with Gasteiger partial charge >= 0.3 is 5.97 Å². The van der Waals surface area contributed by atoms with Crippen molar-refractivity contribution in [3.8, 4) is 0 Å². The van der Waals surface area contributed by atoms with Crippen molar-refractivity contribution < 1.29 is 38.4 Å². The lowest BCUT2D eigenvalue weighted by Gasteiger charge is -2.43. The highest BCUT2D eigenvalue weighted by Gasteiger charge is 2.43. The van der Waals surface area contributed by atoms with E-state index in [4.69, 9.17) is 23.7 Å². The molecule has 0 saturated carbocycles. The highest BCUT2D eigenvalue weighted by molar-refractivity contribution is 5.79. The Balaban J connectivity index is 1.97. The number of aliphatic hydroxyl groups is 1. The first-order valence-electron chi connectivity index (χ1n) is 16.9. The van der Waals surface area contributed by atoms with Gasteiger partial charge in [0.1, 0.15) is 11.9 Å². The fourth-order valence-electron chi connectivity index (χ4n) is 7.32. The van der Waals surface area contributed by atoms with Gasteiger partial charge in [0.2, 0.25) is 0 Å². The number of esters is 1. The smallest absolute Gasteiger partial charge is 0.311 e. The second-order valence-electron chi connectivity index (χ2n) is 14.3. The average Bonchev–Trinajstić information content (AvgIpc) is 2.93. The number of Topliss-reactive ketones (excluding diaryl/α,β-unsaturated/α-hetero) is 1. The molecule has 14 atom stereocenters. The van der Waals surface area contributed by atoms with Crippen molar-refractivity contribution in [2.75, 3.05) is 14.1 Å². The van der Waals surface area contributed by atoms with Crippen LogP contribution in [0.4, 0.5) is 0 Å². The van der Waals surface area contributed by atoms with Crippen LogP contribution in [0.2, 0.25) is 0 Å². The second kappa shape index (κ2) is 16.5. The van der Waals surface area contributed by atoms with Gasteiger partial charge in [0.15, 0.2) is 12.6 Å². The minimum Gasteiger partial charge on any atom is -0.462 e. The zero-order chi connectivity index (χ0) is 32.0. The lowest BCUT2D eigenvalue weighted by molar-refractivity contribution is -0.267. The fraction of sp³-hybridized carbons (Fsp3) is 0.941. The van der Waals surface area contributed by atoms with E-state index in [9.17, 15) is 14.7 Å². The Kier molecular flexibility index (Phi) is 13.9. The van der Waals surface area contributed by atoms with Crippen LogP contribution < -0.4 is 0 Å².